The van der Waals surface area contributed by atoms with Crippen LogP contribution < -0.4 is 5.32 Å². The number of nitrogens with zero attached hydrogens (tertiary/aromatic N) is 4. The molecule has 2 N–H and O–H groups in total. The van der Waals surface area contributed by atoms with Gasteiger partial charge in [-0.05, 0) is 59.6 Å². The largest absolute Gasteiger partial charge is 0.349 e. The Balaban J connectivity index is 1.28. The minimum absolute atomic E-state index is 0.0328. The number of halogens is 1. The summed E-state index contributed by atoms with van der Waals surface area (Å²) < 4.78 is 39.1. The van der Waals surface area contributed by atoms with Gasteiger partial charge >= 0.3 is 0 Å². The molecule has 36 heavy (non-hydrogen) atoms. The number of hydrogen-bond acceptors (Lipinski definition) is 7. The van der Waals surface area contributed by atoms with Crippen molar-refractivity contribution in [3.63, 3.8) is 0 Å². The van der Waals surface area contributed by atoms with E-state index in [0.29, 0.717) is 26.7 Å². The first-order valence-corrected chi connectivity index (χ1v) is 13.6. The molecule has 0 saturated heterocycles. The van der Waals surface area contributed by atoms with E-state index in [1.807, 2.05) is 30.3 Å². The van der Waals surface area contributed by atoms with Crippen LogP contribution in [0.15, 0.2) is 78.1 Å². The average Bonchev–Trinajstić information content (AvgIpc) is 3.51. The van der Waals surface area contributed by atoms with E-state index in [4.69, 9.17) is 4.78 Å². The summed E-state index contributed by atoms with van der Waals surface area (Å²) in [5.41, 5.74) is 3.89. The maximum Gasteiger partial charge on any atom is 0.240 e. The van der Waals surface area contributed by atoms with E-state index >= 15 is 0 Å². The summed E-state index contributed by atoms with van der Waals surface area (Å²) in [6.07, 6.45) is 4.55. The normalized spacial score (nSPS) is 12.9. The van der Waals surface area contributed by atoms with Crippen LogP contribution in [0, 0.1) is 10.6 Å². The lowest BCUT2D eigenvalue weighted by molar-refractivity contribution is -0.121. The predicted molar refractivity (Wildman–Crippen MR) is 137 cm³/mol. The van der Waals surface area contributed by atoms with E-state index in [2.05, 4.69) is 19.7 Å². The van der Waals surface area contributed by atoms with Gasteiger partial charge in [-0.15, -0.1) is 0 Å². The van der Waals surface area contributed by atoms with Gasteiger partial charge in [0.25, 0.3) is 0 Å². The SMILES string of the molecule is CS(=N)(=O)c1ccc(-c2ccc(CNC(=O)Cn3c(-c4ncns4)cc4cc(F)ccc43)nc2)cc1. The number of hydrogen-bond donors (Lipinski definition) is 2. The Hall–Kier alpha value is -3.96. The Morgan fingerprint density at radius 3 is 2.53 bits per heavy atom. The van der Waals surface area contributed by atoms with Crippen LogP contribution >= 0.6 is 11.5 Å². The van der Waals surface area contributed by atoms with Gasteiger partial charge in [-0.2, -0.15) is 4.37 Å². The zero-order valence-electron chi connectivity index (χ0n) is 19.1. The zero-order chi connectivity index (χ0) is 25.3. The Kier molecular flexibility index (Phi) is 6.33. The van der Waals surface area contributed by atoms with Crippen molar-refractivity contribution in [2.24, 2.45) is 0 Å². The molecule has 1 unspecified atom stereocenters. The van der Waals surface area contributed by atoms with E-state index in [0.717, 1.165) is 16.6 Å². The third-order valence-electron chi connectivity index (χ3n) is 5.67. The Morgan fingerprint density at radius 1 is 1.08 bits per heavy atom. The molecular weight excluding hydrogens is 499 g/mol. The standard InChI is InChI=1S/C25H21FN6O2S2/c1-36(27,34)21-7-3-16(4-8-21)17-2-6-20(28-12-17)13-29-24(33)14-32-22-9-5-19(26)10-18(22)11-23(32)25-30-15-31-35-25/h2-12,15,27H,13-14H2,1H3,(H,29,33). The van der Waals surface area contributed by atoms with Crippen LogP contribution in [0.5, 0.6) is 0 Å². The Labute approximate surface area is 211 Å². The number of pyridine rings is 1. The van der Waals surface area contributed by atoms with Gasteiger partial charge < -0.3 is 9.88 Å². The fourth-order valence-electron chi connectivity index (χ4n) is 3.87. The molecule has 11 heteroatoms. The Bertz CT molecular complexity index is 1650. The highest BCUT2D eigenvalue weighted by Crippen LogP contribution is 2.29. The van der Waals surface area contributed by atoms with Gasteiger partial charge in [0.15, 0.2) is 5.01 Å². The van der Waals surface area contributed by atoms with Crippen molar-refractivity contribution in [3.8, 4) is 21.8 Å². The lowest BCUT2D eigenvalue weighted by Crippen LogP contribution is -2.27. The molecule has 0 aliphatic carbocycles. The molecule has 182 valence electrons. The highest BCUT2D eigenvalue weighted by Gasteiger charge is 2.16. The van der Waals surface area contributed by atoms with Gasteiger partial charge in [0.2, 0.25) is 5.91 Å². The highest BCUT2D eigenvalue weighted by atomic mass is 32.2. The number of fused-ring (bicyclic) bond motifs is 1. The van der Waals surface area contributed by atoms with Crippen molar-refractivity contribution in [1.82, 2.24) is 24.2 Å². The summed E-state index contributed by atoms with van der Waals surface area (Å²) >= 11 is 1.21. The Morgan fingerprint density at radius 2 is 1.86 bits per heavy atom. The first kappa shape index (κ1) is 23.8. The summed E-state index contributed by atoms with van der Waals surface area (Å²) in [7, 11) is -2.75. The number of carbonyl (C=O) groups excluding carboxylic acids is 1. The van der Waals surface area contributed by atoms with Gasteiger partial charge in [-0.3, -0.25) is 9.78 Å². The van der Waals surface area contributed by atoms with Crippen LogP contribution in [0.25, 0.3) is 32.7 Å². The second-order valence-electron chi connectivity index (χ2n) is 8.25. The summed E-state index contributed by atoms with van der Waals surface area (Å²) in [5, 5.41) is 4.22. The van der Waals surface area contributed by atoms with E-state index in [1.165, 1.54) is 36.2 Å². The van der Waals surface area contributed by atoms with Gasteiger partial charge in [-0.1, -0.05) is 18.2 Å². The van der Waals surface area contributed by atoms with E-state index in [9.17, 15) is 13.4 Å². The molecule has 5 aromatic rings. The molecule has 0 radical (unpaired) electrons. The number of aromatic nitrogens is 4. The van der Waals surface area contributed by atoms with Crippen LogP contribution in [0.1, 0.15) is 5.69 Å². The lowest BCUT2D eigenvalue weighted by Gasteiger charge is -2.10. The maximum atomic E-state index is 13.8. The number of amides is 1. The van der Waals surface area contributed by atoms with Gasteiger partial charge in [-0.25, -0.2) is 18.4 Å². The summed E-state index contributed by atoms with van der Waals surface area (Å²) in [5.74, 6) is -0.567. The molecule has 0 bridgehead atoms. The van der Waals surface area contributed by atoms with Crippen LogP contribution in [-0.2, 0) is 27.6 Å². The van der Waals surface area contributed by atoms with Crippen LogP contribution in [0.4, 0.5) is 4.39 Å². The average molecular weight is 521 g/mol. The van der Waals surface area contributed by atoms with Crippen molar-refractivity contribution < 1.29 is 13.4 Å². The fraction of sp³-hybridized carbons (Fsp3) is 0.120. The molecule has 5 rings (SSSR count). The molecule has 1 amide bonds. The molecule has 0 spiro atoms. The van der Waals surface area contributed by atoms with Crippen molar-refractivity contribution in [2.45, 2.75) is 18.0 Å². The van der Waals surface area contributed by atoms with Crippen LogP contribution in [0.3, 0.4) is 0 Å². The topological polar surface area (TPSA) is 114 Å². The molecule has 2 aromatic carbocycles. The molecule has 0 fully saturated rings. The summed E-state index contributed by atoms with van der Waals surface area (Å²) in [6.45, 7) is 0.280. The third kappa shape index (κ3) is 5.02. The number of carbonyl (C=O) groups is 1. The van der Waals surface area contributed by atoms with Crippen LogP contribution in [-0.4, -0.2) is 35.3 Å². The van der Waals surface area contributed by atoms with E-state index in [1.54, 1.807) is 29.0 Å². The molecule has 0 saturated carbocycles. The van der Waals surface area contributed by atoms with Gasteiger partial charge in [0.1, 0.15) is 18.7 Å². The molecule has 0 aliphatic rings. The molecule has 0 aliphatic heterocycles. The molecular formula is C25H21FN6O2S2. The van der Waals surface area contributed by atoms with Crippen molar-refractivity contribution in [1.29, 1.82) is 4.78 Å². The van der Waals surface area contributed by atoms with Gasteiger partial charge in [0.05, 0.1) is 27.7 Å². The first-order chi connectivity index (χ1) is 17.3. The summed E-state index contributed by atoms with van der Waals surface area (Å²) in [4.78, 5) is 22.0. The minimum Gasteiger partial charge on any atom is -0.349 e. The molecule has 3 heterocycles. The maximum absolute atomic E-state index is 13.8. The van der Waals surface area contributed by atoms with Crippen molar-refractivity contribution in [2.75, 3.05) is 6.26 Å². The lowest BCUT2D eigenvalue weighted by atomic mass is 10.1. The smallest absolute Gasteiger partial charge is 0.240 e. The third-order valence-corrected chi connectivity index (χ3v) is 7.53. The second-order valence-corrected chi connectivity index (χ2v) is 11.2. The molecule has 8 nitrogen and oxygen atoms in total. The monoisotopic (exact) mass is 520 g/mol. The number of rotatable bonds is 7. The zero-order valence-corrected chi connectivity index (χ0v) is 20.8. The summed E-state index contributed by atoms with van der Waals surface area (Å²) in [6, 6.07) is 17.0. The molecule has 1 atom stereocenters. The highest BCUT2D eigenvalue weighted by molar-refractivity contribution is 7.91. The minimum atomic E-state index is -2.75. The van der Waals surface area contributed by atoms with Crippen molar-refractivity contribution >= 4 is 38.1 Å². The van der Waals surface area contributed by atoms with Crippen molar-refractivity contribution in [3.05, 3.63) is 84.7 Å². The number of benzene rings is 2. The predicted octanol–water partition coefficient (Wildman–Crippen LogP) is 4.71. The number of nitrogens with one attached hydrogen (secondary N) is 2. The first-order valence-electron chi connectivity index (χ1n) is 10.9. The van der Waals surface area contributed by atoms with E-state index in [-0.39, 0.29) is 24.8 Å². The second kappa shape index (κ2) is 9.59. The quantitative estimate of drug-likeness (QED) is 0.323. The van der Waals surface area contributed by atoms with Gasteiger partial charge in [0, 0.05) is 33.8 Å². The molecule has 3 aromatic heterocycles. The fourth-order valence-corrected chi connectivity index (χ4v) is 5.08. The van der Waals surface area contributed by atoms with E-state index < -0.39 is 9.73 Å². The van der Waals surface area contributed by atoms with Crippen LogP contribution in [0.2, 0.25) is 0 Å².